The summed E-state index contributed by atoms with van der Waals surface area (Å²) in [5.74, 6) is 0.587. The largest absolute Gasteiger partial charge is 0.468 e. The first-order valence-electron chi connectivity index (χ1n) is 7.27. The van der Waals surface area contributed by atoms with Crippen molar-refractivity contribution in [2.24, 2.45) is 0 Å². The molecule has 0 aromatic heterocycles. The van der Waals surface area contributed by atoms with Gasteiger partial charge in [0.2, 0.25) is 0 Å². The molecule has 0 aliphatic rings. The Kier molecular flexibility index (Phi) is 7.28. The fraction of sp³-hybridized carbons (Fsp3) is 0.562. The minimum absolute atomic E-state index is 0.126. The SMILES string of the molecule is COCOc1ccc([C@@H](O)[C@H](CO)NC(=O)OC(C)(C)C)cc1. The molecule has 0 spiro atoms. The molecular weight excluding hydrogens is 302 g/mol. The molecule has 7 nitrogen and oxygen atoms in total. The number of amides is 1. The van der Waals surface area contributed by atoms with Crippen molar-refractivity contribution in [3.8, 4) is 5.75 Å². The van der Waals surface area contributed by atoms with Crippen molar-refractivity contribution in [1.82, 2.24) is 5.32 Å². The zero-order valence-electron chi connectivity index (χ0n) is 13.9. The Bertz CT molecular complexity index is 482. The van der Waals surface area contributed by atoms with Gasteiger partial charge in [0.15, 0.2) is 6.79 Å². The highest BCUT2D eigenvalue weighted by Crippen LogP contribution is 2.21. The van der Waals surface area contributed by atoms with Crippen LogP contribution in [0.1, 0.15) is 32.4 Å². The summed E-state index contributed by atoms with van der Waals surface area (Å²) >= 11 is 0. The van der Waals surface area contributed by atoms with E-state index in [0.717, 1.165) is 0 Å². The van der Waals surface area contributed by atoms with Crippen LogP contribution in [0.2, 0.25) is 0 Å². The minimum Gasteiger partial charge on any atom is -0.468 e. The highest BCUT2D eigenvalue weighted by atomic mass is 16.7. The van der Waals surface area contributed by atoms with E-state index in [0.29, 0.717) is 11.3 Å². The molecule has 1 aromatic rings. The lowest BCUT2D eigenvalue weighted by atomic mass is 10.0. The topological polar surface area (TPSA) is 97.3 Å². The summed E-state index contributed by atoms with van der Waals surface area (Å²) in [5, 5.41) is 22.2. The molecule has 3 N–H and O–H groups in total. The first-order chi connectivity index (χ1) is 10.8. The van der Waals surface area contributed by atoms with Crippen LogP contribution in [-0.2, 0) is 9.47 Å². The molecule has 0 unspecified atom stereocenters. The van der Waals surface area contributed by atoms with E-state index in [-0.39, 0.29) is 6.79 Å². The number of methoxy groups -OCH3 is 1. The van der Waals surface area contributed by atoms with Crippen LogP contribution in [0.4, 0.5) is 4.79 Å². The van der Waals surface area contributed by atoms with Gasteiger partial charge in [0.1, 0.15) is 17.5 Å². The van der Waals surface area contributed by atoms with Gasteiger partial charge in [-0.2, -0.15) is 0 Å². The first-order valence-corrected chi connectivity index (χ1v) is 7.27. The lowest BCUT2D eigenvalue weighted by Crippen LogP contribution is -2.44. The first kappa shape index (κ1) is 19.2. The van der Waals surface area contributed by atoms with E-state index in [2.05, 4.69) is 5.32 Å². The third-order valence-electron chi connectivity index (χ3n) is 2.85. The van der Waals surface area contributed by atoms with Gasteiger partial charge in [-0.25, -0.2) is 4.79 Å². The monoisotopic (exact) mass is 327 g/mol. The second-order valence-electron chi connectivity index (χ2n) is 6.00. The number of carbonyl (C=O) groups is 1. The zero-order chi connectivity index (χ0) is 17.5. The van der Waals surface area contributed by atoms with Gasteiger partial charge in [-0.15, -0.1) is 0 Å². The molecule has 130 valence electrons. The molecule has 0 fully saturated rings. The number of benzene rings is 1. The number of carbonyl (C=O) groups excluding carboxylic acids is 1. The van der Waals surface area contributed by atoms with E-state index in [9.17, 15) is 15.0 Å². The molecule has 0 saturated heterocycles. The van der Waals surface area contributed by atoms with Crippen molar-refractivity contribution in [3.05, 3.63) is 29.8 Å². The smallest absolute Gasteiger partial charge is 0.408 e. The maximum atomic E-state index is 11.7. The van der Waals surface area contributed by atoms with E-state index in [1.54, 1.807) is 45.0 Å². The summed E-state index contributed by atoms with van der Waals surface area (Å²) in [6, 6.07) is 5.75. The van der Waals surface area contributed by atoms with Gasteiger partial charge < -0.3 is 29.7 Å². The molecule has 7 heteroatoms. The van der Waals surface area contributed by atoms with Crippen LogP contribution in [-0.4, -0.2) is 48.5 Å². The number of hydrogen-bond donors (Lipinski definition) is 3. The quantitative estimate of drug-likeness (QED) is 0.658. The van der Waals surface area contributed by atoms with E-state index in [1.165, 1.54) is 7.11 Å². The average Bonchev–Trinajstić information content (AvgIpc) is 2.48. The fourth-order valence-electron chi connectivity index (χ4n) is 1.80. The van der Waals surface area contributed by atoms with Gasteiger partial charge >= 0.3 is 6.09 Å². The van der Waals surface area contributed by atoms with Gasteiger partial charge in [-0.3, -0.25) is 0 Å². The van der Waals surface area contributed by atoms with Gasteiger partial charge in [0.05, 0.1) is 12.6 Å². The van der Waals surface area contributed by atoms with Gasteiger partial charge in [-0.1, -0.05) is 12.1 Å². The third-order valence-corrected chi connectivity index (χ3v) is 2.85. The second-order valence-corrected chi connectivity index (χ2v) is 6.00. The van der Waals surface area contributed by atoms with Crippen LogP contribution in [0.25, 0.3) is 0 Å². The van der Waals surface area contributed by atoms with Crippen LogP contribution in [0.15, 0.2) is 24.3 Å². The Labute approximate surface area is 136 Å². The molecule has 23 heavy (non-hydrogen) atoms. The van der Waals surface area contributed by atoms with E-state index in [1.807, 2.05) is 0 Å². The minimum atomic E-state index is -1.08. The number of ether oxygens (including phenoxy) is 3. The van der Waals surface area contributed by atoms with Crippen molar-refractivity contribution >= 4 is 6.09 Å². The Morgan fingerprint density at radius 3 is 2.35 bits per heavy atom. The van der Waals surface area contributed by atoms with Gasteiger partial charge in [-0.05, 0) is 38.5 Å². The lowest BCUT2D eigenvalue weighted by Gasteiger charge is -2.25. The molecule has 1 rings (SSSR count). The van der Waals surface area contributed by atoms with Crippen LogP contribution in [0.5, 0.6) is 5.75 Å². The highest BCUT2D eigenvalue weighted by molar-refractivity contribution is 5.68. The van der Waals surface area contributed by atoms with Gasteiger partial charge in [0.25, 0.3) is 0 Å². The standard InChI is InChI=1S/C16H25NO6/c1-16(2,3)23-15(20)17-13(9-18)14(19)11-5-7-12(8-6-11)22-10-21-4/h5-8,13-14,18-19H,9-10H2,1-4H3,(H,17,20)/t13-,14+/m0/s1. The van der Waals surface area contributed by atoms with Crippen LogP contribution in [0.3, 0.4) is 0 Å². The second kappa shape index (κ2) is 8.71. The summed E-state index contributed by atoms with van der Waals surface area (Å²) < 4.78 is 15.2. The summed E-state index contributed by atoms with van der Waals surface area (Å²) in [7, 11) is 1.52. The number of hydrogen-bond acceptors (Lipinski definition) is 6. The molecule has 1 aromatic carbocycles. The van der Waals surface area contributed by atoms with Crippen LogP contribution >= 0.6 is 0 Å². The van der Waals surface area contributed by atoms with Gasteiger partial charge in [0, 0.05) is 7.11 Å². The Balaban J connectivity index is 2.68. The molecule has 0 aliphatic heterocycles. The van der Waals surface area contributed by atoms with E-state index >= 15 is 0 Å². The Morgan fingerprint density at radius 2 is 1.87 bits per heavy atom. The maximum absolute atomic E-state index is 11.7. The average molecular weight is 327 g/mol. The molecule has 0 bridgehead atoms. The van der Waals surface area contributed by atoms with Crippen molar-refractivity contribution in [1.29, 1.82) is 0 Å². The number of rotatable bonds is 7. The molecule has 0 aliphatic carbocycles. The summed E-state index contributed by atoms with van der Waals surface area (Å²) in [6.45, 7) is 4.89. The molecule has 1 amide bonds. The molecule has 0 radical (unpaired) electrons. The number of nitrogens with one attached hydrogen (secondary N) is 1. The third kappa shape index (κ3) is 6.85. The lowest BCUT2D eigenvalue weighted by molar-refractivity contribution is 0.0348. The summed E-state index contributed by atoms with van der Waals surface area (Å²) in [5.41, 5.74) is -0.125. The zero-order valence-corrected chi connectivity index (χ0v) is 13.9. The molecule has 2 atom stereocenters. The molecule has 0 heterocycles. The maximum Gasteiger partial charge on any atom is 0.408 e. The normalized spacial score (nSPS) is 14.0. The van der Waals surface area contributed by atoms with Crippen LogP contribution < -0.4 is 10.1 Å². The van der Waals surface area contributed by atoms with Crippen molar-refractivity contribution in [3.63, 3.8) is 0 Å². The van der Waals surface area contributed by atoms with E-state index in [4.69, 9.17) is 14.2 Å². The van der Waals surface area contributed by atoms with Crippen molar-refractivity contribution in [2.75, 3.05) is 20.5 Å². The van der Waals surface area contributed by atoms with Crippen molar-refractivity contribution < 1.29 is 29.2 Å². The molecular formula is C16H25NO6. The summed E-state index contributed by atoms with van der Waals surface area (Å²) in [6.07, 6.45) is -1.78. The Morgan fingerprint density at radius 1 is 1.26 bits per heavy atom. The van der Waals surface area contributed by atoms with Crippen molar-refractivity contribution in [2.45, 2.75) is 38.5 Å². The Hall–Kier alpha value is -1.83. The fourth-order valence-corrected chi connectivity index (χ4v) is 1.80. The van der Waals surface area contributed by atoms with E-state index < -0.39 is 30.4 Å². The van der Waals surface area contributed by atoms with Crippen LogP contribution in [0, 0.1) is 0 Å². The highest BCUT2D eigenvalue weighted by Gasteiger charge is 2.25. The summed E-state index contributed by atoms with van der Waals surface area (Å²) in [4.78, 5) is 11.7. The number of alkyl carbamates (subject to hydrolysis) is 1. The number of aliphatic hydroxyl groups is 2. The number of aliphatic hydroxyl groups excluding tert-OH is 2. The predicted molar refractivity (Wildman–Crippen MR) is 84.1 cm³/mol. The molecule has 0 saturated carbocycles. The predicted octanol–water partition coefficient (Wildman–Crippen LogP) is 1.59.